The summed E-state index contributed by atoms with van der Waals surface area (Å²) in [4.78, 5) is 35.6. The molecule has 0 aliphatic heterocycles. The number of carbonyl (C=O) groups is 3. The summed E-state index contributed by atoms with van der Waals surface area (Å²) < 4.78 is 4.49. The summed E-state index contributed by atoms with van der Waals surface area (Å²) in [7, 11) is 1.25. The van der Waals surface area contributed by atoms with Gasteiger partial charge in [-0.3, -0.25) is 14.4 Å². The van der Waals surface area contributed by atoms with Crippen LogP contribution in [0.15, 0.2) is 66.7 Å². The Kier molecular flexibility index (Phi) is 6.01. The molecular weight excluding hydrogens is 356 g/mol. The van der Waals surface area contributed by atoms with Crippen molar-refractivity contribution in [1.29, 1.82) is 0 Å². The van der Waals surface area contributed by atoms with E-state index in [4.69, 9.17) is 0 Å². The fourth-order valence-corrected chi connectivity index (χ4v) is 2.80. The molecule has 0 fully saturated rings. The summed E-state index contributed by atoms with van der Waals surface area (Å²) in [6, 6.07) is 20.4. The molecular formula is C22H20N2O4. The van der Waals surface area contributed by atoms with Crippen LogP contribution < -0.4 is 10.6 Å². The van der Waals surface area contributed by atoms with Gasteiger partial charge in [-0.25, -0.2) is 0 Å². The zero-order valence-corrected chi connectivity index (χ0v) is 15.4. The van der Waals surface area contributed by atoms with Gasteiger partial charge in [-0.2, -0.15) is 0 Å². The van der Waals surface area contributed by atoms with Gasteiger partial charge in [-0.05, 0) is 34.5 Å². The van der Waals surface area contributed by atoms with Gasteiger partial charge in [0.2, 0.25) is 5.91 Å². The van der Waals surface area contributed by atoms with Gasteiger partial charge in [0, 0.05) is 11.3 Å². The Hall–Kier alpha value is -3.67. The molecule has 0 saturated heterocycles. The molecule has 3 aromatic carbocycles. The van der Waals surface area contributed by atoms with Crippen LogP contribution in [0.2, 0.25) is 0 Å². The lowest BCUT2D eigenvalue weighted by molar-refractivity contribution is -0.139. The van der Waals surface area contributed by atoms with E-state index in [1.165, 1.54) is 7.11 Å². The van der Waals surface area contributed by atoms with E-state index in [2.05, 4.69) is 15.4 Å². The lowest BCUT2D eigenvalue weighted by Gasteiger charge is -2.09. The molecule has 0 bridgehead atoms. The number of ether oxygens (including phenoxy) is 1. The highest BCUT2D eigenvalue weighted by molar-refractivity contribution is 5.98. The molecule has 0 aliphatic rings. The molecule has 3 rings (SSSR count). The Balaban J connectivity index is 1.63. The fourth-order valence-electron chi connectivity index (χ4n) is 2.80. The first kappa shape index (κ1) is 19.1. The molecule has 6 nitrogen and oxygen atoms in total. The van der Waals surface area contributed by atoms with Crippen LogP contribution >= 0.6 is 0 Å². The normalized spacial score (nSPS) is 10.3. The number of nitrogens with one attached hydrogen (secondary N) is 2. The lowest BCUT2D eigenvalue weighted by Crippen LogP contribution is -2.30. The Morgan fingerprint density at radius 3 is 2.46 bits per heavy atom. The number of rotatable bonds is 6. The SMILES string of the molecule is COC(=O)CNC(=O)c1cccc(NC(=O)Cc2ccc3ccccc3c2)c1. The average Bonchev–Trinajstić information content (AvgIpc) is 2.71. The van der Waals surface area contributed by atoms with E-state index in [9.17, 15) is 14.4 Å². The molecule has 3 aromatic rings. The summed E-state index contributed by atoms with van der Waals surface area (Å²) in [5.74, 6) is -1.13. The van der Waals surface area contributed by atoms with Gasteiger partial charge < -0.3 is 15.4 Å². The number of carbonyl (C=O) groups excluding carboxylic acids is 3. The second kappa shape index (κ2) is 8.81. The summed E-state index contributed by atoms with van der Waals surface area (Å²) >= 11 is 0. The number of benzene rings is 3. The van der Waals surface area contributed by atoms with E-state index in [1.807, 2.05) is 42.5 Å². The van der Waals surface area contributed by atoms with Crippen LogP contribution in [-0.4, -0.2) is 31.4 Å². The number of hydrogen-bond acceptors (Lipinski definition) is 4. The van der Waals surface area contributed by atoms with Crippen LogP contribution in [0, 0.1) is 0 Å². The standard InChI is InChI=1S/C22H20N2O4/c1-28-21(26)14-23-22(27)18-7-4-8-19(13-18)24-20(25)12-15-9-10-16-5-2-3-6-17(16)11-15/h2-11,13H,12,14H2,1H3,(H,23,27)(H,24,25). The van der Waals surface area contributed by atoms with Gasteiger partial charge in [0.25, 0.3) is 5.91 Å². The molecule has 0 aromatic heterocycles. The molecule has 2 N–H and O–H groups in total. The summed E-state index contributed by atoms with van der Waals surface area (Å²) in [5.41, 5.74) is 1.76. The Labute approximate surface area is 162 Å². The average molecular weight is 376 g/mol. The third-order valence-corrected chi connectivity index (χ3v) is 4.21. The Morgan fingerprint density at radius 1 is 0.893 bits per heavy atom. The van der Waals surface area contributed by atoms with Gasteiger partial charge in [0.1, 0.15) is 6.54 Å². The quantitative estimate of drug-likeness (QED) is 0.648. The highest BCUT2D eigenvalue weighted by Crippen LogP contribution is 2.17. The monoisotopic (exact) mass is 376 g/mol. The predicted molar refractivity (Wildman–Crippen MR) is 107 cm³/mol. The molecule has 0 heterocycles. The Bertz CT molecular complexity index is 1030. The third-order valence-electron chi connectivity index (χ3n) is 4.21. The van der Waals surface area contributed by atoms with Crippen LogP contribution in [0.1, 0.15) is 15.9 Å². The van der Waals surface area contributed by atoms with Crippen LogP contribution in [-0.2, 0) is 20.7 Å². The van der Waals surface area contributed by atoms with Crippen molar-refractivity contribution in [1.82, 2.24) is 5.32 Å². The van der Waals surface area contributed by atoms with Crippen LogP contribution in [0.3, 0.4) is 0 Å². The third kappa shape index (κ3) is 4.94. The van der Waals surface area contributed by atoms with Crippen molar-refractivity contribution in [2.75, 3.05) is 19.0 Å². The summed E-state index contributed by atoms with van der Waals surface area (Å²) in [6.45, 7) is -0.214. The van der Waals surface area contributed by atoms with Gasteiger partial charge in [-0.15, -0.1) is 0 Å². The van der Waals surface area contributed by atoms with Crippen LogP contribution in [0.5, 0.6) is 0 Å². The van der Waals surface area contributed by atoms with E-state index < -0.39 is 11.9 Å². The molecule has 0 spiro atoms. The molecule has 0 saturated carbocycles. The van der Waals surface area contributed by atoms with Gasteiger partial charge in [0.05, 0.1) is 13.5 Å². The minimum atomic E-state index is -0.534. The van der Waals surface area contributed by atoms with Crippen LogP contribution in [0.25, 0.3) is 10.8 Å². The number of esters is 1. The maximum Gasteiger partial charge on any atom is 0.325 e. The van der Waals surface area contributed by atoms with Crippen molar-refractivity contribution >= 4 is 34.2 Å². The van der Waals surface area contributed by atoms with Crippen molar-refractivity contribution in [3.05, 3.63) is 77.9 Å². The minimum Gasteiger partial charge on any atom is -0.468 e. The number of methoxy groups -OCH3 is 1. The largest absolute Gasteiger partial charge is 0.468 e. The van der Waals surface area contributed by atoms with Crippen molar-refractivity contribution in [3.8, 4) is 0 Å². The van der Waals surface area contributed by atoms with Crippen molar-refractivity contribution in [2.24, 2.45) is 0 Å². The first-order valence-corrected chi connectivity index (χ1v) is 8.78. The van der Waals surface area contributed by atoms with Crippen molar-refractivity contribution < 1.29 is 19.1 Å². The predicted octanol–water partition coefficient (Wildman–Crippen LogP) is 2.92. The van der Waals surface area contributed by atoms with Crippen molar-refractivity contribution in [3.63, 3.8) is 0 Å². The first-order valence-electron chi connectivity index (χ1n) is 8.78. The molecule has 0 atom stereocenters. The Morgan fingerprint density at radius 2 is 1.68 bits per heavy atom. The zero-order valence-electron chi connectivity index (χ0n) is 15.4. The minimum absolute atomic E-state index is 0.178. The molecule has 0 unspecified atom stereocenters. The lowest BCUT2D eigenvalue weighted by atomic mass is 10.0. The molecule has 6 heteroatoms. The first-order chi connectivity index (χ1) is 13.5. The fraction of sp³-hybridized carbons (Fsp3) is 0.136. The van der Waals surface area contributed by atoms with Gasteiger partial charge >= 0.3 is 5.97 Å². The van der Waals surface area contributed by atoms with E-state index in [1.54, 1.807) is 24.3 Å². The molecule has 142 valence electrons. The molecule has 0 radical (unpaired) electrons. The van der Waals surface area contributed by atoms with E-state index >= 15 is 0 Å². The number of amides is 2. The zero-order chi connectivity index (χ0) is 19.9. The smallest absolute Gasteiger partial charge is 0.325 e. The maximum atomic E-state index is 12.4. The topological polar surface area (TPSA) is 84.5 Å². The number of fused-ring (bicyclic) bond motifs is 1. The number of anilines is 1. The van der Waals surface area contributed by atoms with Crippen molar-refractivity contribution in [2.45, 2.75) is 6.42 Å². The summed E-state index contributed by atoms with van der Waals surface area (Å²) in [5, 5.41) is 7.46. The second-order valence-corrected chi connectivity index (χ2v) is 6.25. The highest BCUT2D eigenvalue weighted by Gasteiger charge is 2.10. The molecule has 0 aliphatic carbocycles. The number of hydrogen-bond donors (Lipinski definition) is 2. The van der Waals surface area contributed by atoms with E-state index in [-0.39, 0.29) is 18.9 Å². The maximum absolute atomic E-state index is 12.4. The van der Waals surface area contributed by atoms with E-state index in [0.717, 1.165) is 16.3 Å². The van der Waals surface area contributed by atoms with E-state index in [0.29, 0.717) is 11.3 Å². The molecule has 2 amide bonds. The molecule has 28 heavy (non-hydrogen) atoms. The summed E-state index contributed by atoms with van der Waals surface area (Å²) in [6.07, 6.45) is 0.226. The second-order valence-electron chi connectivity index (χ2n) is 6.25. The van der Waals surface area contributed by atoms with Gasteiger partial charge in [-0.1, -0.05) is 48.5 Å². The highest BCUT2D eigenvalue weighted by atomic mass is 16.5. The van der Waals surface area contributed by atoms with Gasteiger partial charge in [0.15, 0.2) is 0 Å². The van der Waals surface area contributed by atoms with Crippen LogP contribution in [0.4, 0.5) is 5.69 Å².